The fourth-order valence-electron chi connectivity index (χ4n) is 0.278. The van der Waals surface area contributed by atoms with E-state index < -0.39 is 6.10 Å². The molecule has 0 saturated heterocycles. The zero-order chi connectivity index (χ0) is 6.41. The third-order valence-electron chi connectivity index (χ3n) is 0.650. The molecule has 0 heterocycles. The first-order chi connectivity index (χ1) is 3.81. The number of aliphatic hydroxyl groups excluding tert-OH is 1. The standard InChI is InChI=1S/C5H10OS2/c1-2-8-4-5(6)3-7/h3,5-6H,2,4H2,1H3. The molecule has 1 atom stereocenters. The minimum Gasteiger partial charge on any atom is -0.387 e. The van der Waals surface area contributed by atoms with Crippen LogP contribution in [0.15, 0.2) is 0 Å². The van der Waals surface area contributed by atoms with Crippen LogP contribution >= 0.6 is 24.0 Å². The molecule has 3 heteroatoms. The van der Waals surface area contributed by atoms with Crippen molar-refractivity contribution in [2.75, 3.05) is 11.5 Å². The molecule has 0 spiro atoms. The van der Waals surface area contributed by atoms with Crippen LogP contribution in [-0.4, -0.2) is 28.1 Å². The third kappa shape index (κ3) is 4.56. The summed E-state index contributed by atoms with van der Waals surface area (Å²) in [5.41, 5.74) is 0. The summed E-state index contributed by atoms with van der Waals surface area (Å²) in [6.07, 6.45) is -0.394. The lowest BCUT2D eigenvalue weighted by Crippen LogP contribution is -2.09. The molecule has 0 aromatic rings. The largest absolute Gasteiger partial charge is 0.387 e. The van der Waals surface area contributed by atoms with Crippen LogP contribution in [0.5, 0.6) is 0 Å². The third-order valence-corrected chi connectivity index (χ3v) is 1.95. The fourth-order valence-corrected chi connectivity index (χ4v) is 1.07. The molecule has 0 amide bonds. The first-order valence-electron chi connectivity index (χ1n) is 2.52. The molecule has 0 bridgehead atoms. The van der Waals surface area contributed by atoms with Gasteiger partial charge in [0.1, 0.15) is 0 Å². The van der Waals surface area contributed by atoms with Gasteiger partial charge in [-0.2, -0.15) is 11.8 Å². The SMILES string of the molecule is CCSCC(O)C=S. The molecule has 0 aromatic carbocycles. The highest BCUT2D eigenvalue weighted by atomic mass is 32.2. The highest BCUT2D eigenvalue weighted by Gasteiger charge is 1.94. The van der Waals surface area contributed by atoms with E-state index in [0.29, 0.717) is 0 Å². The van der Waals surface area contributed by atoms with Crippen LogP contribution in [0, 0.1) is 0 Å². The van der Waals surface area contributed by atoms with E-state index in [9.17, 15) is 0 Å². The summed E-state index contributed by atoms with van der Waals surface area (Å²) in [7, 11) is 0. The second-order valence-electron chi connectivity index (χ2n) is 1.36. The van der Waals surface area contributed by atoms with Crippen LogP contribution in [0.1, 0.15) is 6.92 Å². The van der Waals surface area contributed by atoms with Crippen LogP contribution in [0.25, 0.3) is 0 Å². The highest BCUT2D eigenvalue weighted by molar-refractivity contribution is 7.99. The smallest absolute Gasteiger partial charge is 0.0912 e. The Bertz CT molecular complexity index is 65.4. The molecule has 0 fully saturated rings. The van der Waals surface area contributed by atoms with Crippen LogP contribution < -0.4 is 0 Å². The van der Waals surface area contributed by atoms with Crippen molar-refractivity contribution in [1.29, 1.82) is 0 Å². The summed E-state index contributed by atoms with van der Waals surface area (Å²) in [5.74, 6) is 1.78. The maximum atomic E-state index is 8.81. The molecular weight excluding hydrogens is 140 g/mol. The van der Waals surface area contributed by atoms with E-state index >= 15 is 0 Å². The lowest BCUT2D eigenvalue weighted by molar-refractivity contribution is 0.273. The fraction of sp³-hybridized carbons (Fsp3) is 0.800. The number of rotatable bonds is 4. The van der Waals surface area contributed by atoms with Gasteiger partial charge in [0.25, 0.3) is 0 Å². The maximum Gasteiger partial charge on any atom is 0.0912 e. The maximum absolute atomic E-state index is 8.81. The average molecular weight is 150 g/mol. The number of aliphatic hydroxyl groups is 1. The summed E-state index contributed by atoms with van der Waals surface area (Å²) in [4.78, 5) is 0. The Morgan fingerprint density at radius 3 is 2.88 bits per heavy atom. The van der Waals surface area contributed by atoms with E-state index in [0.717, 1.165) is 11.5 Å². The van der Waals surface area contributed by atoms with Crippen molar-refractivity contribution < 1.29 is 5.11 Å². The van der Waals surface area contributed by atoms with Gasteiger partial charge in [0.05, 0.1) is 6.10 Å². The Morgan fingerprint density at radius 2 is 2.50 bits per heavy atom. The van der Waals surface area contributed by atoms with E-state index in [2.05, 4.69) is 19.1 Å². The van der Waals surface area contributed by atoms with Crippen LogP contribution in [0.4, 0.5) is 0 Å². The molecule has 0 radical (unpaired) electrons. The number of hydrogen-bond donors (Lipinski definition) is 1. The first-order valence-corrected chi connectivity index (χ1v) is 4.15. The quantitative estimate of drug-likeness (QED) is 0.606. The number of thiocarbonyl (C=S) groups is 1. The highest BCUT2D eigenvalue weighted by Crippen LogP contribution is 1.99. The molecule has 0 rings (SSSR count). The summed E-state index contributed by atoms with van der Waals surface area (Å²) in [5, 5.41) is 10.2. The van der Waals surface area contributed by atoms with Gasteiger partial charge >= 0.3 is 0 Å². The number of hydrogen-bond acceptors (Lipinski definition) is 3. The topological polar surface area (TPSA) is 20.2 Å². The summed E-state index contributed by atoms with van der Waals surface area (Å²) < 4.78 is 0. The Morgan fingerprint density at radius 1 is 1.88 bits per heavy atom. The molecule has 1 N–H and O–H groups in total. The van der Waals surface area contributed by atoms with Gasteiger partial charge in [-0.15, -0.1) is 0 Å². The molecule has 0 aromatic heterocycles. The summed E-state index contributed by atoms with van der Waals surface area (Å²) >= 11 is 6.19. The molecule has 8 heavy (non-hydrogen) atoms. The lowest BCUT2D eigenvalue weighted by atomic mass is 10.5. The normalized spacial score (nSPS) is 13.2. The lowest BCUT2D eigenvalue weighted by Gasteiger charge is -1.99. The van der Waals surface area contributed by atoms with Crippen LogP contribution in [0.2, 0.25) is 0 Å². The Kier molecular flexibility index (Phi) is 5.81. The van der Waals surface area contributed by atoms with Gasteiger partial charge in [-0.1, -0.05) is 19.1 Å². The van der Waals surface area contributed by atoms with Crippen molar-refractivity contribution in [3.63, 3.8) is 0 Å². The van der Waals surface area contributed by atoms with Crippen molar-refractivity contribution in [3.8, 4) is 0 Å². The predicted molar refractivity (Wildman–Crippen MR) is 42.7 cm³/mol. The minimum atomic E-state index is -0.394. The molecule has 48 valence electrons. The first kappa shape index (κ1) is 8.40. The summed E-state index contributed by atoms with van der Waals surface area (Å²) in [6.45, 7) is 2.06. The molecule has 0 aliphatic rings. The second-order valence-corrected chi connectivity index (χ2v) is 2.95. The minimum absolute atomic E-state index is 0.394. The van der Waals surface area contributed by atoms with E-state index in [1.54, 1.807) is 11.8 Å². The van der Waals surface area contributed by atoms with Gasteiger partial charge in [0.15, 0.2) is 0 Å². The molecule has 0 aliphatic carbocycles. The molecule has 0 aliphatic heterocycles. The van der Waals surface area contributed by atoms with Crippen LogP contribution in [-0.2, 0) is 0 Å². The van der Waals surface area contributed by atoms with E-state index in [-0.39, 0.29) is 0 Å². The zero-order valence-corrected chi connectivity index (χ0v) is 6.47. The average Bonchev–Trinajstić information content (AvgIpc) is 1.83. The van der Waals surface area contributed by atoms with Gasteiger partial charge in [-0.3, -0.25) is 0 Å². The van der Waals surface area contributed by atoms with E-state index in [1.807, 2.05) is 0 Å². The Labute approximate surface area is 59.5 Å². The predicted octanol–water partition coefficient (Wildman–Crippen LogP) is 1.10. The van der Waals surface area contributed by atoms with Crippen LogP contribution in [0.3, 0.4) is 0 Å². The van der Waals surface area contributed by atoms with E-state index in [4.69, 9.17) is 5.11 Å². The van der Waals surface area contributed by atoms with Gasteiger partial charge < -0.3 is 5.11 Å². The van der Waals surface area contributed by atoms with Gasteiger partial charge in [0, 0.05) is 11.1 Å². The van der Waals surface area contributed by atoms with Crippen molar-refractivity contribution in [2.24, 2.45) is 0 Å². The number of thioether (sulfide) groups is 1. The van der Waals surface area contributed by atoms with Gasteiger partial charge in [0.2, 0.25) is 0 Å². The van der Waals surface area contributed by atoms with E-state index in [1.165, 1.54) is 5.37 Å². The molecule has 1 unspecified atom stereocenters. The zero-order valence-electron chi connectivity index (χ0n) is 4.83. The van der Waals surface area contributed by atoms with Crippen molar-refractivity contribution >= 4 is 29.3 Å². The molecule has 1 nitrogen and oxygen atoms in total. The van der Waals surface area contributed by atoms with Gasteiger partial charge in [-0.25, -0.2) is 0 Å². The van der Waals surface area contributed by atoms with Gasteiger partial charge in [-0.05, 0) is 5.75 Å². The molecular formula is C5H10OS2. The van der Waals surface area contributed by atoms with Crippen molar-refractivity contribution in [3.05, 3.63) is 0 Å². The van der Waals surface area contributed by atoms with Crippen molar-refractivity contribution in [2.45, 2.75) is 13.0 Å². The summed E-state index contributed by atoms with van der Waals surface area (Å²) in [6, 6.07) is 0. The Hall–Kier alpha value is 0.400. The monoisotopic (exact) mass is 150 g/mol. The van der Waals surface area contributed by atoms with Crippen molar-refractivity contribution in [1.82, 2.24) is 0 Å². The Balaban J connectivity index is 2.98. The molecule has 0 saturated carbocycles. The second kappa shape index (κ2) is 5.54.